The molecule has 0 aliphatic carbocycles. The molecule has 2 aromatic rings. The third-order valence-corrected chi connectivity index (χ3v) is 3.32. The maximum absolute atomic E-state index is 13.4. The second-order valence-corrected chi connectivity index (χ2v) is 4.87. The molecule has 0 saturated carbocycles. The van der Waals surface area contributed by atoms with Crippen LogP contribution < -0.4 is 9.64 Å². The number of carbonyl (C=O) groups excluding carboxylic acids is 1. The standard InChI is InChI=1S/C15H12FNO5/c1-8-14(18)17(7-10-3-5-13(22-10)15(19)20)11-6-9(16)2-4-12(11)21-8/h2-6,8H,7H2,1H3,(H,19,20). The maximum atomic E-state index is 13.4. The monoisotopic (exact) mass is 305 g/mol. The summed E-state index contributed by atoms with van der Waals surface area (Å²) in [6.45, 7) is 1.59. The van der Waals surface area contributed by atoms with Crippen LogP contribution in [0.3, 0.4) is 0 Å². The van der Waals surface area contributed by atoms with Crippen molar-refractivity contribution >= 4 is 17.6 Å². The van der Waals surface area contributed by atoms with Crippen molar-refractivity contribution in [2.75, 3.05) is 4.90 Å². The number of halogens is 1. The fourth-order valence-corrected chi connectivity index (χ4v) is 2.28. The van der Waals surface area contributed by atoms with Gasteiger partial charge in [-0.25, -0.2) is 9.18 Å². The van der Waals surface area contributed by atoms with Crippen molar-refractivity contribution in [3.05, 3.63) is 47.7 Å². The lowest BCUT2D eigenvalue weighted by Gasteiger charge is -2.32. The summed E-state index contributed by atoms with van der Waals surface area (Å²) in [4.78, 5) is 24.4. The maximum Gasteiger partial charge on any atom is 0.371 e. The quantitative estimate of drug-likeness (QED) is 0.942. The van der Waals surface area contributed by atoms with Crippen LogP contribution in [-0.4, -0.2) is 23.1 Å². The van der Waals surface area contributed by atoms with Crippen molar-refractivity contribution in [3.63, 3.8) is 0 Å². The fourth-order valence-electron chi connectivity index (χ4n) is 2.28. The lowest BCUT2D eigenvalue weighted by Crippen LogP contribution is -2.44. The van der Waals surface area contributed by atoms with Gasteiger partial charge in [-0.1, -0.05) is 0 Å². The van der Waals surface area contributed by atoms with Gasteiger partial charge < -0.3 is 14.3 Å². The molecule has 3 rings (SSSR count). The molecule has 1 aliphatic rings. The van der Waals surface area contributed by atoms with Crippen LogP contribution >= 0.6 is 0 Å². The first kappa shape index (κ1) is 14.1. The molecule has 2 heterocycles. The van der Waals surface area contributed by atoms with Crippen molar-refractivity contribution in [2.45, 2.75) is 19.6 Å². The topological polar surface area (TPSA) is 80.0 Å². The predicted octanol–water partition coefficient (Wildman–Crippen LogP) is 2.43. The van der Waals surface area contributed by atoms with Gasteiger partial charge in [0, 0.05) is 6.07 Å². The Labute approximate surface area is 124 Å². The Kier molecular flexibility index (Phi) is 3.32. The van der Waals surface area contributed by atoms with Gasteiger partial charge in [-0.15, -0.1) is 0 Å². The lowest BCUT2D eigenvalue weighted by atomic mass is 10.1. The number of benzene rings is 1. The lowest BCUT2D eigenvalue weighted by molar-refractivity contribution is -0.125. The molecule has 1 unspecified atom stereocenters. The molecule has 6 nitrogen and oxygen atoms in total. The van der Waals surface area contributed by atoms with Crippen molar-refractivity contribution in [1.29, 1.82) is 0 Å². The van der Waals surface area contributed by atoms with Crippen molar-refractivity contribution in [2.24, 2.45) is 0 Å². The van der Waals surface area contributed by atoms with Crippen LogP contribution in [0.1, 0.15) is 23.2 Å². The van der Waals surface area contributed by atoms with Gasteiger partial charge in [-0.2, -0.15) is 0 Å². The molecule has 1 aliphatic heterocycles. The summed E-state index contributed by atoms with van der Waals surface area (Å²) < 4.78 is 24.0. The van der Waals surface area contributed by atoms with Gasteiger partial charge in [0.15, 0.2) is 6.10 Å². The number of amides is 1. The first-order valence-electron chi connectivity index (χ1n) is 6.55. The molecular formula is C15H12FNO5. The number of rotatable bonds is 3. The van der Waals surface area contributed by atoms with E-state index in [1.54, 1.807) is 6.92 Å². The number of carboxylic acid groups (broad SMARTS) is 1. The zero-order valence-electron chi connectivity index (χ0n) is 11.6. The molecule has 0 spiro atoms. The molecular weight excluding hydrogens is 293 g/mol. The van der Waals surface area contributed by atoms with Gasteiger partial charge in [0.25, 0.3) is 5.91 Å². The summed E-state index contributed by atoms with van der Waals surface area (Å²) in [6.07, 6.45) is -0.716. The molecule has 1 aromatic carbocycles. The largest absolute Gasteiger partial charge is 0.479 e. The highest BCUT2D eigenvalue weighted by molar-refractivity contribution is 5.99. The Morgan fingerprint density at radius 3 is 2.82 bits per heavy atom. The first-order chi connectivity index (χ1) is 10.5. The number of furan rings is 1. The minimum atomic E-state index is -1.20. The SMILES string of the molecule is CC1Oc2ccc(F)cc2N(Cc2ccc(C(=O)O)o2)C1=O. The summed E-state index contributed by atoms with van der Waals surface area (Å²) in [5.74, 6) is -1.59. The van der Waals surface area contributed by atoms with Gasteiger partial charge in [0.05, 0.1) is 12.2 Å². The molecule has 22 heavy (non-hydrogen) atoms. The van der Waals surface area contributed by atoms with Gasteiger partial charge in [-0.05, 0) is 31.2 Å². The minimum Gasteiger partial charge on any atom is -0.479 e. The molecule has 0 saturated heterocycles. The van der Waals surface area contributed by atoms with Gasteiger partial charge >= 0.3 is 5.97 Å². The fraction of sp³-hybridized carbons (Fsp3) is 0.200. The van der Waals surface area contributed by atoms with E-state index >= 15 is 0 Å². The molecule has 0 radical (unpaired) electrons. The molecule has 114 valence electrons. The van der Waals surface area contributed by atoms with E-state index in [0.717, 1.165) is 0 Å². The zero-order valence-corrected chi connectivity index (χ0v) is 11.6. The number of fused-ring (bicyclic) bond motifs is 1. The Hall–Kier alpha value is -2.83. The number of hydrogen-bond donors (Lipinski definition) is 1. The smallest absolute Gasteiger partial charge is 0.371 e. The van der Waals surface area contributed by atoms with E-state index in [1.165, 1.54) is 35.2 Å². The van der Waals surface area contributed by atoms with E-state index in [1.807, 2.05) is 0 Å². The van der Waals surface area contributed by atoms with E-state index in [2.05, 4.69) is 0 Å². The molecule has 1 atom stereocenters. The van der Waals surface area contributed by atoms with Gasteiger partial charge in [0.1, 0.15) is 17.3 Å². The number of anilines is 1. The van der Waals surface area contributed by atoms with E-state index < -0.39 is 17.9 Å². The van der Waals surface area contributed by atoms with Crippen molar-refractivity contribution in [3.8, 4) is 5.75 Å². The van der Waals surface area contributed by atoms with Crippen LogP contribution in [-0.2, 0) is 11.3 Å². The highest BCUT2D eigenvalue weighted by atomic mass is 19.1. The van der Waals surface area contributed by atoms with Crippen LogP contribution in [0.2, 0.25) is 0 Å². The zero-order chi connectivity index (χ0) is 15.9. The van der Waals surface area contributed by atoms with Crippen LogP contribution in [0, 0.1) is 5.82 Å². The van der Waals surface area contributed by atoms with Gasteiger partial charge in [0.2, 0.25) is 5.76 Å². The first-order valence-corrected chi connectivity index (χ1v) is 6.55. The Bertz CT molecular complexity index is 754. The van der Waals surface area contributed by atoms with Crippen LogP contribution in [0.25, 0.3) is 0 Å². The summed E-state index contributed by atoms with van der Waals surface area (Å²) in [6, 6.07) is 6.66. The number of hydrogen-bond acceptors (Lipinski definition) is 4. The van der Waals surface area contributed by atoms with Gasteiger partial charge in [-0.3, -0.25) is 9.69 Å². The summed E-state index contributed by atoms with van der Waals surface area (Å²) >= 11 is 0. The summed E-state index contributed by atoms with van der Waals surface area (Å²) in [5.41, 5.74) is 0.288. The van der Waals surface area contributed by atoms with Crippen LogP contribution in [0.5, 0.6) is 5.75 Å². The van der Waals surface area contributed by atoms with Crippen LogP contribution in [0.15, 0.2) is 34.7 Å². The summed E-state index contributed by atoms with van der Waals surface area (Å²) in [5, 5.41) is 8.85. The average molecular weight is 305 g/mol. The van der Waals surface area contributed by atoms with E-state index in [9.17, 15) is 14.0 Å². The second-order valence-electron chi connectivity index (χ2n) is 4.87. The average Bonchev–Trinajstić information content (AvgIpc) is 2.93. The highest BCUT2D eigenvalue weighted by Gasteiger charge is 2.32. The normalized spacial score (nSPS) is 17.1. The molecule has 0 bridgehead atoms. The van der Waals surface area contributed by atoms with Crippen LogP contribution in [0.4, 0.5) is 10.1 Å². The van der Waals surface area contributed by atoms with Crippen molar-refractivity contribution in [1.82, 2.24) is 0 Å². The molecule has 7 heteroatoms. The molecule has 1 amide bonds. The Morgan fingerprint density at radius 2 is 2.14 bits per heavy atom. The van der Waals surface area contributed by atoms with Crippen molar-refractivity contribution < 1.29 is 28.2 Å². The third kappa shape index (κ3) is 2.41. The summed E-state index contributed by atoms with van der Waals surface area (Å²) in [7, 11) is 0. The van der Waals surface area contributed by atoms with E-state index in [0.29, 0.717) is 5.75 Å². The number of carboxylic acids is 1. The second kappa shape index (κ2) is 5.18. The molecule has 0 fully saturated rings. The van der Waals surface area contributed by atoms with E-state index in [4.69, 9.17) is 14.3 Å². The molecule has 1 N–H and O–H groups in total. The highest BCUT2D eigenvalue weighted by Crippen LogP contribution is 2.35. The minimum absolute atomic E-state index is 0.00370. The molecule has 1 aromatic heterocycles. The Morgan fingerprint density at radius 1 is 1.36 bits per heavy atom. The number of carbonyl (C=O) groups is 2. The number of aromatic carboxylic acids is 1. The number of nitrogens with zero attached hydrogens (tertiary/aromatic N) is 1. The number of ether oxygens (including phenoxy) is 1. The van der Waals surface area contributed by atoms with E-state index in [-0.39, 0.29) is 29.7 Å². The Balaban J connectivity index is 1.96. The third-order valence-electron chi connectivity index (χ3n) is 3.32. The predicted molar refractivity (Wildman–Crippen MR) is 73.3 cm³/mol.